The molecular formula is C16H16N4O2S. The molecule has 0 bridgehead atoms. The zero-order valence-corrected chi connectivity index (χ0v) is 13.6. The molecule has 0 fully saturated rings. The maximum Gasteiger partial charge on any atom is 0.246 e. The van der Waals surface area contributed by atoms with Crippen molar-refractivity contribution in [1.29, 1.82) is 0 Å². The van der Waals surface area contributed by atoms with Gasteiger partial charge in [-0.05, 0) is 25.1 Å². The van der Waals surface area contributed by atoms with E-state index in [1.807, 2.05) is 47.3 Å². The van der Waals surface area contributed by atoms with E-state index in [0.29, 0.717) is 5.13 Å². The highest BCUT2D eigenvalue weighted by atomic mass is 32.1. The molecule has 1 aromatic carbocycles. The topological polar surface area (TPSA) is 76.0 Å². The van der Waals surface area contributed by atoms with Crippen molar-refractivity contribution >= 4 is 44.9 Å². The molecule has 7 heteroatoms. The van der Waals surface area contributed by atoms with Gasteiger partial charge in [0.1, 0.15) is 6.54 Å². The van der Waals surface area contributed by atoms with Gasteiger partial charge < -0.3 is 15.2 Å². The number of carbonyl (C=O) groups is 2. The van der Waals surface area contributed by atoms with Crippen LogP contribution in [0, 0.1) is 6.92 Å². The minimum atomic E-state index is -0.137. The third-order valence-electron chi connectivity index (χ3n) is 3.30. The first-order chi connectivity index (χ1) is 11.0. The van der Waals surface area contributed by atoms with Crippen molar-refractivity contribution in [2.45, 2.75) is 20.4 Å². The van der Waals surface area contributed by atoms with Crippen LogP contribution in [0.15, 0.2) is 35.8 Å². The normalized spacial score (nSPS) is 10.7. The average molecular weight is 328 g/mol. The van der Waals surface area contributed by atoms with E-state index >= 15 is 0 Å². The summed E-state index contributed by atoms with van der Waals surface area (Å²) in [5.41, 5.74) is 2.52. The Kier molecular flexibility index (Phi) is 4.12. The molecule has 0 unspecified atom stereocenters. The van der Waals surface area contributed by atoms with Crippen LogP contribution in [0.3, 0.4) is 0 Å². The monoisotopic (exact) mass is 328 g/mol. The standard InChI is InChI=1S/C16H16N4O2S/c1-10-9-23-16(17-10)19-15(22)8-20-7-6-12-13(18-11(2)21)4-3-5-14(12)20/h3-7,9H,8H2,1-2H3,(H,18,21)(H,17,19,22). The van der Waals surface area contributed by atoms with Gasteiger partial charge in [0.2, 0.25) is 11.8 Å². The van der Waals surface area contributed by atoms with Crippen molar-refractivity contribution in [3.05, 3.63) is 41.5 Å². The lowest BCUT2D eigenvalue weighted by Crippen LogP contribution is -2.18. The van der Waals surface area contributed by atoms with Gasteiger partial charge in [-0.2, -0.15) is 0 Å². The largest absolute Gasteiger partial charge is 0.338 e. The Labute approximate surface area is 137 Å². The summed E-state index contributed by atoms with van der Waals surface area (Å²) >= 11 is 1.40. The van der Waals surface area contributed by atoms with E-state index in [9.17, 15) is 9.59 Å². The first kappa shape index (κ1) is 15.2. The number of nitrogens with one attached hydrogen (secondary N) is 2. The summed E-state index contributed by atoms with van der Waals surface area (Å²) in [6, 6.07) is 7.50. The highest BCUT2D eigenvalue weighted by Crippen LogP contribution is 2.24. The summed E-state index contributed by atoms with van der Waals surface area (Å²) in [5.74, 6) is -0.260. The zero-order valence-electron chi connectivity index (χ0n) is 12.8. The molecule has 0 spiro atoms. The van der Waals surface area contributed by atoms with E-state index in [0.717, 1.165) is 22.3 Å². The summed E-state index contributed by atoms with van der Waals surface area (Å²) in [5, 5.41) is 8.98. The number of aryl methyl sites for hydroxylation is 1. The molecule has 0 saturated carbocycles. The van der Waals surface area contributed by atoms with Crippen LogP contribution in [-0.2, 0) is 16.1 Å². The first-order valence-electron chi connectivity index (χ1n) is 7.10. The lowest BCUT2D eigenvalue weighted by Gasteiger charge is -2.07. The fourth-order valence-corrected chi connectivity index (χ4v) is 3.09. The number of rotatable bonds is 4. The molecule has 118 valence electrons. The van der Waals surface area contributed by atoms with Crippen molar-refractivity contribution in [2.75, 3.05) is 10.6 Å². The predicted octanol–water partition coefficient (Wildman–Crippen LogP) is 3.00. The summed E-state index contributed by atoms with van der Waals surface area (Å²) < 4.78 is 1.84. The van der Waals surface area contributed by atoms with Crippen molar-refractivity contribution in [1.82, 2.24) is 9.55 Å². The molecule has 2 amide bonds. The number of amides is 2. The minimum absolute atomic E-state index is 0.123. The van der Waals surface area contributed by atoms with Gasteiger partial charge in [-0.1, -0.05) is 6.07 Å². The fourth-order valence-electron chi connectivity index (χ4n) is 2.38. The lowest BCUT2D eigenvalue weighted by molar-refractivity contribution is -0.116. The number of hydrogen-bond acceptors (Lipinski definition) is 4. The first-order valence-corrected chi connectivity index (χ1v) is 7.98. The molecule has 23 heavy (non-hydrogen) atoms. The van der Waals surface area contributed by atoms with Gasteiger partial charge in [0.05, 0.1) is 16.9 Å². The van der Waals surface area contributed by atoms with Crippen molar-refractivity contribution in [3.63, 3.8) is 0 Å². The molecule has 0 atom stereocenters. The number of thiazole rings is 1. The van der Waals surface area contributed by atoms with Crippen LogP contribution >= 0.6 is 11.3 Å². The van der Waals surface area contributed by atoms with E-state index in [4.69, 9.17) is 0 Å². The molecule has 0 radical (unpaired) electrons. The molecule has 2 N–H and O–H groups in total. The molecule has 6 nitrogen and oxygen atoms in total. The minimum Gasteiger partial charge on any atom is -0.338 e. The average Bonchev–Trinajstić information content (AvgIpc) is 3.06. The third-order valence-corrected chi connectivity index (χ3v) is 4.18. The second-order valence-electron chi connectivity index (χ2n) is 5.21. The Morgan fingerprint density at radius 1 is 1.26 bits per heavy atom. The van der Waals surface area contributed by atoms with Crippen molar-refractivity contribution in [3.8, 4) is 0 Å². The van der Waals surface area contributed by atoms with Gasteiger partial charge in [-0.25, -0.2) is 4.98 Å². The summed E-state index contributed by atoms with van der Waals surface area (Å²) in [6.45, 7) is 3.54. The van der Waals surface area contributed by atoms with Crippen LogP contribution in [-0.4, -0.2) is 21.4 Å². The Hall–Kier alpha value is -2.67. The molecule has 0 saturated heterocycles. The van der Waals surface area contributed by atoms with E-state index < -0.39 is 0 Å². The fraction of sp³-hybridized carbons (Fsp3) is 0.188. The number of benzene rings is 1. The van der Waals surface area contributed by atoms with Gasteiger partial charge in [0.15, 0.2) is 5.13 Å². The van der Waals surface area contributed by atoms with Gasteiger partial charge >= 0.3 is 0 Å². The van der Waals surface area contributed by atoms with Crippen LogP contribution in [0.2, 0.25) is 0 Å². The molecule has 2 heterocycles. The predicted molar refractivity (Wildman–Crippen MR) is 91.7 cm³/mol. The van der Waals surface area contributed by atoms with Gasteiger partial charge in [-0.15, -0.1) is 11.3 Å². The molecule has 0 aliphatic carbocycles. The number of carbonyl (C=O) groups excluding carboxylic acids is 2. The van der Waals surface area contributed by atoms with Crippen LogP contribution in [0.1, 0.15) is 12.6 Å². The zero-order chi connectivity index (χ0) is 16.4. The van der Waals surface area contributed by atoms with Gasteiger partial charge in [0.25, 0.3) is 0 Å². The van der Waals surface area contributed by atoms with E-state index in [1.165, 1.54) is 18.3 Å². The second-order valence-corrected chi connectivity index (χ2v) is 6.06. The second kappa shape index (κ2) is 6.21. The summed E-state index contributed by atoms with van der Waals surface area (Å²) in [4.78, 5) is 27.6. The van der Waals surface area contributed by atoms with Crippen LogP contribution in [0.4, 0.5) is 10.8 Å². The Balaban J connectivity index is 1.80. The summed E-state index contributed by atoms with van der Waals surface area (Å²) in [6.07, 6.45) is 1.84. The molecule has 0 aliphatic heterocycles. The molecule has 3 rings (SSSR count). The van der Waals surface area contributed by atoms with E-state index in [1.54, 1.807) is 0 Å². The van der Waals surface area contributed by atoms with Gasteiger partial charge in [0, 0.05) is 23.9 Å². The number of hydrogen-bond donors (Lipinski definition) is 2. The quantitative estimate of drug-likeness (QED) is 0.773. The molecular weight excluding hydrogens is 312 g/mol. The third kappa shape index (κ3) is 3.40. The van der Waals surface area contributed by atoms with Gasteiger partial charge in [-0.3, -0.25) is 9.59 Å². The highest BCUT2D eigenvalue weighted by molar-refractivity contribution is 7.13. The molecule has 2 aromatic heterocycles. The maximum atomic E-state index is 12.2. The SMILES string of the molecule is CC(=O)Nc1cccc2c1ccn2CC(=O)Nc1nc(C)cs1. The van der Waals surface area contributed by atoms with E-state index in [2.05, 4.69) is 15.6 Å². The maximum absolute atomic E-state index is 12.2. The molecule has 0 aliphatic rings. The smallest absolute Gasteiger partial charge is 0.246 e. The van der Waals surface area contributed by atoms with Crippen molar-refractivity contribution in [2.24, 2.45) is 0 Å². The van der Waals surface area contributed by atoms with E-state index in [-0.39, 0.29) is 18.4 Å². The number of anilines is 2. The number of fused-ring (bicyclic) bond motifs is 1. The van der Waals surface area contributed by atoms with Crippen LogP contribution < -0.4 is 10.6 Å². The lowest BCUT2D eigenvalue weighted by atomic mass is 10.2. The summed E-state index contributed by atoms with van der Waals surface area (Å²) in [7, 11) is 0. The Morgan fingerprint density at radius 2 is 2.09 bits per heavy atom. The Bertz CT molecular complexity index is 881. The number of nitrogens with zero attached hydrogens (tertiary/aromatic N) is 2. The molecule has 3 aromatic rings. The Morgan fingerprint density at radius 3 is 2.78 bits per heavy atom. The number of aromatic nitrogens is 2. The van der Waals surface area contributed by atoms with Crippen molar-refractivity contribution < 1.29 is 9.59 Å². The van der Waals surface area contributed by atoms with Crippen LogP contribution in [0.25, 0.3) is 10.9 Å². The highest BCUT2D eigenvalue weighted by Gasteiger charge is 2.10. The van der Waals surface area contributed by atoms with Crippen LogP contribution in [0.5, 0.6) is 0 Å².